The number of sulfonamides is 1. The second-order valence-electron chi connectivity index (χ2n) is 6.33. The normalized spacial score (nSPS) is 22.5. The van der Waals surface area contributed by atoms with E-state index >= 15 is 0 Å². The zero-order chi connectivity index (χ0) is 15.0. The van der Waals surface area contributed by atoms with E-state index in [9.17, 15) is 8.42 Å². The molecular weight excluding hydrogens is 288 g/mol. The largest absolute Gasteiger partial charge is 0.377 e. The van der Waals surface area contributed by atoms with Gasteiger partial charge in [0.05, 0.1) is 18.5 Å². The number of hydrogen-bond acceptors (Lipinski definition) is 4. The van der Waals surface area contributed by atoms with Crippen LogP contribution in [0.2, 0.25) is 0 Å². The Morgan fingerprint density at radius 1 is 1.05 bits per heavy atom. The second kappa shape index (κ2) is 9.08. The Labute approximate surface area is 129 Å². The van der Waals surface area contributed by atoms with Crippen molar-refractivity contribution in [3.8, 4) is 0 Å². The van der Waals surface area contributed by atoms with Crippen LogP contribution in [0.25, 0.3) is 0 Å². The molecule has 0 aromatic carbocycles. The average molecular weight is 318 g/mol. The number of hydrogen-bond donors (Lipinski definition) is 2. The van der Waals surface area contributed by atoms with Crippen LogP contribution in [-0.2, 0) is 14.8 Å². The molecular formula is C15H30N2O3S. The molecule has 0 bridgehead atoms. The Morgan fingerprint density at radius 3 is 2.48 bits per heavy atom. The molecule has 1 saturated carbocycles. The molecule has 0 aromatic heterocycles. The van der Waals surface area contributed by atoms with Crippen LogP contribution in [0.15, 0.2) is 0 Å². The standard InChI is InChI=1S/C15H30N2O3S/c18-21(19,13-8-14-6-9-16-10-7-14)17-11-12-20-15-4-2-1-3-5-15/h14-17H,1-13H2. The summed E-state index contributed by atoms with van der Waals surface area (Å²) in [7, 11) is -3.13. The molecule has 0 unspecified atom stereocenters. The molecule has 2 rings (SSSR count). The van der Waals surface area contributed by atoms with Crippen molar-refractivity contribution in [2.75, 3.05) is 32.0 Å². The van der Waals surface area contributed by atoms with Crippen LogP contribution in [0.3, 0.4) is 0 Å². The van der Waals surface area contributed by atoms with Gasteiger partial charge in [-0.05, 0) is 51.1 Å². The van der Waals surface area contributed by atoms with Gasteiger partial charge in [-0.2, -0.15) is 0 Å². The first-order valence-corrected chi connectivity index (χ1v) is 10.1. The number of piperidine rings is 1. The van der Waals surface area contributed by atoms with E-state index < -0.39 is 10.0 Å². The first-order valence-electron chi connectivity index (χ1n) is 8.45. The third kappa shape index (κ3) is 7.08. The molecule has 0 radical (unpaired) electrons. The molecule has 0 amide bonds. The van der Waals surface area contributed by atoms with Gasteiger partial charge in [-0.1, -0.05) is 19.3 Å². The molecule has 1 aliphatic heterocycles. The van der Waals surface area contributed by atoms with Gasteiger partial charge in [0.25, 0.3) is 0 Å². The Morgan fingerprint density at radius 2 is 1.76 bits per heavy atom. The maximum Gasteiger partial charge on any atom is 0.211 e. The van der Waals surface area contributed by atoms with Crippen molar-refractivity contribution in [1.29, 1.82) is 0 Å². The summed E-state index contributed by atoms with van der Waals surface area (Å²) >= 11 is 0. The third-order valence-electron chi connectivity index (χ3n) is 4.58. The number of ether oxygens (including phenoxy) is 1. The molecule has 0 atom stereocenters. The molecule has 1 aliphatic carbocycles. The fourth-order valence-electron chi connectivity index (χ4n) is 3.22. The van der Waals surface area contributed by atoms with Gasteiger partial charge < -0.3 is 10.1 Å². The fourth-order valence-corrected chi connectivity index (χ4v) is 4.40. The van der Waals surface area contributed by atoms with Crippen molar-refractivity contribution in [3.05, 3.63) is 0 Å². The predicted molar refractivity (Wildman–Crippen MR) is 84.8 cm³/mol. The van der Waals surface area contributed by atoms with Crippen molar-refractivity contribution in [3.63, 3.8) is 0 Å². The van der Waals surface area contributed by atoms with E-state index in [0.29, 0.717) is 25.2 Å². The van der Waals surface area contributed by atoms with Crippen LogP contribution in [0.4, 0.5) is 0 Å². The Bertz CT molecular complexity index is 374. The lowest BCUT2D eigenvalue weighted by atomic mass is 9.96. The highest BCUT2D eigenvalue weighted by atomic mass is 32.2. The molecule has 5 nitrogen and oxygen atoms in total. The monoisotopic (exact) mass is 318 g/mol. The minimum atomic E-state index is -3.13. The summed E-state index contributed by atoms with van der Waals surface area (Å²) in [5, 5.41) is 3.30. The quantitative estimate of drug-likeness (QED) is 0.668. The average Bonchev–Trinajstić information content (AvgIpc) is 2.52. The highest BCUT2D eigenvalue weighted by Gasteiger charge is 2.18. The summed E-state index contributed by atoms with van der Waals surface area (Å²) in [5.74, 6) is 0.808. The van der Waals surface area contributed by atoms with E-state index in [0.717, 1.165) is 45.2 Å². The number of nitrogens with one attached hydrogen (secondary N) is 2. The second-order valence-corrected chi connectivity index (χ2v) is 8.25. The van der Waals surface area contributed by atoms with Crippen LogP contribution in [0.5, 0.6) is 0 Å². The summed E-state index contributed by atoms with van der Waals surface area (Å²) in [4.78, 5) is 0. The number of rotatable bonds is 8. The summed E-state index contributed by atoms with van der Waals surface area (Å²) < 4.78 is 32.3. The molecule has 21 heavy (non-hydrogen) atoms. The van der Waals surface area contributed by atoms with Crippen LogP contribution in [0.1, 0.15) is 51.4 Å². The molecule has 2 fully saturated rings. The van der Waals surface area contributed by atoms with E-state index in [1.807, 2.05) is 0 Å². The van der Waals surface area contributed by atoms with Gasteiger partial charge in [-0.25, -0.2) is 13.1 Å². The Balaban J connectivity index is 1.55. The predicted octanol–water partition coefficient (Wildman–Crippen LogP) is 1.64. The van der Waals surface area contributed by atoms with Gasteiger partial charge in [0.1, 0.15) is 0 Å². The summed E-state index contributed by atoms with van der Waals surface area (Å²) in [5.41, 5.74) is 0. The first kappa shape index (κ1) is 17.2. The van der Waals surface area contributed by atoms with Crippen molar-refractivity contribution in [2.24, 2.45) is 5.92 Å². The molecule has 2 aliphatic rings. The summed E-state index contributed by atoms with van der Waals surface area (Å²) in [6.45, 7) is 2.95. The molecule has 2 N–H and O–H groups in total. The molecule has 1 heterocycles. The van der Waals surface area contributed by atoms with Gasteiger partial charge in [-0.3, -0.25) is 0 Å². The third-order valence-corrected chi connectivity index (χ3v) is 6.00. The zero-order valence-electron chi connectivity index (χ0n) is 13.0. The maximum absolute atomic E-state index is 11.9. The van der Waals surface area contributed by atoms with Crippen molar-refractivity contribution >= 4 is 10.0 Å². The molecule has 124 valence electrons. The van der Waals surface area contributed by atoms with E-state index in [1.165, 1.54) is 19.3 Å². The minimum Gasteiger partial charge on any atom is -0.377 e. The molecule has 6 heteroatoms. The van der Waals surface area contributed by atoms with Gasteiger partial charge >= 0.3 is 0 Å². The van der Waals surface area contributed by atoms with E-state index in [1.54, 1.807) is 0 Å². The molecule has 0 aromatic rings. The lowest BCUT2D eigenvalue weighted by Crippen LogP contribution is -2.33. The fraction of sp³-hybridized carbons (Fsp3) is 1.00. The van der Waals surface area contributed by atoms with Gasteiger partial charge in [0, 0.05) is 6.54 Å². The lowest BCUT2D eigenvalue weighted by Gasteiger charge is -2.23. The van der Waals surface area contributed by atoms with Gasteiger partial charge in [-0.15, -0.1) is 0 Å². The smallest absolute Gasteiger partial charge is 0.211 e. The summed E-state index contributed by atoms with van der Waals surface area (Å²) in [6.07, 6.45) is 9.37. The van der Waals surface area contributed by atoms with Crippen molar-refractivity contribution < 1.29 is 13.2 Å². The van der Waals surface area contributed by atoms with Crippen LogP contribution in [0, 0.1) is 5.92 Å². The van der Waals surface area contributed by atoms with E-state index in [2.05, 4.69) is 10.0 Å². The van der Waals surface area contributed by atoms with Crippen LogP contribution >= 0.6 is 0 Å². The Kier molecular flexibility index (Phi) is 7.43. The van der Waals surface area contributed by atoms with Crippen LogP contribution in [-0.4, -0.2) is 46.5 Å². The minimum absolute atomic E-state index is 0.251. The highest BCUT2D eigenvalue weighted by Crippen LogP contribution is 2.20. The van der Waals surface area contributed by atoms with Crippen molar-refractivity contribution in [1.82, 2.24) is 10.0 Å². The van der Waals surface area contributed by atoms with Gasteiger partial charge in [0.2, 0.25) is 10.0 Å². The Hall–Kier alpha value is -0.170. The summed E-state index contributed by atoms with van der Waals surface area (Å²) in [6, 6.07) is 0. The molecule has 0 spiro atoms. The zero-order valence-corrected chi connectivity index (χ0v) is 13.8. The van der Waals surface area contributed by atoms with E-state index in [-0.39, 0.29) is 5.75 Å². The first-order chi connectivity index (χ1) is 10.2. The van der Waals surface area contributed by atoms with E-state index in [4.69, 9.17) is 4.74 Å². The lowest BCUT2D eigenvalue weighted by molar-refractivity contribution is 0.0321. The molecule has 1 saturated heterocycles. The highest BCUT2D eigenvalue weighted by molar-refractivity contribution is 7.89. The van der Waals surface area contributed by atoms with Crippen molar-refractivity contribution in [2.45, 2.75) is 57.5 Å². The maximum atomic E-state index is 11.9. The topological polar surface area (TPSA) is 67.4 Å². The van der Waals surface area contributed by atoms with Gasteiger partial charge in [0.15, 0.2) is 0 Å². The SMILES string of the molecule is O=S(=O)(CCC1CCNCC1)NCCOC1CCCCC1. The van der Waals surface area contributed by atoms with Crippen LogP contribution < -0.4 is 10.0 Å².